The Hall–Kier alpha value is -2.49. The van der Waals surface area contributed by atoms with E-state index in [1.807, 2.05) is 17.0 Å². The maximum absolute atomic E-state index is 13.1. The smallest absolute Gasteiger partial charge is 0.254 e. The Bertz CT molecular complexity index is 782. The van der Waals surface area contributed by atoms with Gasteiger partial charge in [-0.15, -0.1) is 0 Å². The highest BCUT2D eigenvalue weighted by Gasteiger charge is 2.36. The lowest BCUT2D eigenvalue weighted by atomic mass is 9.85. The first-order chi connectivity index (χ1) is 11.0. The maximum Gasteiger partial charge on any atom is 0.254 e. The highest BCUT2D eigenvalue weighted by molar-refractivity contribution is 5.95. The summed E-state index contributed by atoms with van der Waals surface area (Å²) in [4.78, 5) is 15.0. The van der Waals surface area contributed by atoms with E-state index in [-0.39, 0.29) is 18.2 Å². The van der Waals surface area contributed by atoms with Crippen LogP contribution in [0.3, 0.4) is 0 Å². The van der Waals surface area contributed by atoms with Crippen LogP contribution in [0.5, 0.6) is 11.5 Å². The standard InChI is InChI=1S/C19H19NO3/c1-19(2)10-14-5-3-4-6-15(14)11-20(19)18(21)13-7-8-16-17(9-13)23-12-22-16/h3-9H,10-12H2,1-2H3. The van der Waals surface area contributed by atoms with E-state index in [1.54, 1.807) is 12.1 Å². The van der Waals surface area contributed by atoms with Crippen LogP contribution in [0.1, 0.15) is 35.3 Å². The Labute approximate surface area is 135 Å². The van der Waals surface area contributed by atoms with E-state index >= 15 is 0 Å². The van der Waals surface area contributed by atoms with Gasteiger partial charge in [-0.1, -0.05) is 24.3 Å². The van der Waals surface area contributed by atoms with Gasteiger partial charge in [-0.3, -0.25) is 4.79 Å². The topological polar surface area (TPSA) is 38.8 Å². The number of amides is 1. The molecule has 1 amide bonds. The lowest BCUT2D eigenvalue weighted by molar-refractivity contribution is 0.0488. The summed E-state index contributed by atoms with van der Waals surface area (Å²) in [6.07, 6.45) is 0.861. The molecule has 23 heavy (non-hydrogen) atoms. The molecule has 2 aromatic carbocycles. The average Bonchev–Trinajstić information content (AvgIpc) is 3.00. The lowest BCUT2D eigenvalue weighted by Gasteiger charge is -2.43. The molecule has 2 aromatic rings. The van der Waals surface area contributed by atoms with Crippen LogP contribution in [-0.4, -0.2) is 23.1 Å². The zero-order chi connectivity index (χ0) is 16.0. The Balaban J connectivity index is 1.68. The van der Waals surface area contributed by atoms with Gasteiger partial charge in [-0.2, -0.15) is 0 Å². The van der Waals surface area contributed by atoms with Crippen molar-refractivity contribution >= 4 is 5.91 Å². The molecule has 2 aliphatic heterocycles. The zero-order valence-corrected chi connectivity index (χ0v) is 13.3. The average molecular weight is 309 g/mol. The molecule has 0 radical (unpaired) electrons. The van der Waals surface area contributed by atoms with Crippen LogP contribution in [0.2, 0.25) is 0 Å². The second-order valence-corrected chi connectivity index (χ2v) is 6.72. The molecule has 118 valence electrons. The summed E-state index contributed by atoms with van der Waals surface area (Å²) in [5.41, 5.74) is 2.97. The number of carbonyl (C=O) groups excluding carboxylic acids is 1. The van der Waals surface area contributed by atoms with E-state index in [9.17, 15) is 4.79 Å². The third-order valence-corrected chi connectivity index (χ3v) is 4.67. The monoisotopic (exact) mass is 309 g/mol. The molecule has 2 heterocycles. The normalized spacial score (nSPS) is 17.7. The Morgan fingerprint density at radius 1 is 1.04 bits per heavy atom. The van der Waals surface area contributed by atoms with E-state index < -0.39 is 0 Å². The highest BCUT2D eigenvalue weighted by Crippen LogP contribution is 2.35. The molecule has 4 nitrogen and oxygen atoms in total. The van der Waals surface area contributed by atoms with E-state index in [4.69, 9.17) is 9.47 Å². The zero-order valence-electron chi connectivity index (χ0n) is 13.3. The maximum atomic E-state index is 13.1. The van der Waals surface area contributed by atoms with Crippen molar-refractivity contribution in [2.24, 2.45) is 0 Å². The molecule has 4 rings (SSSR count). The number of ether oxygens (including phenoxy) is 2. The fourth-order valence-corrected chi connectivity index (χ4v) is 3.36. The van der Waals surface area contributed by atoms with Gasteiger partial charge in [0.05, 0.1) is 0 Å². The van der Waals surface area contributed by atoms with Crippen molar-refractivity contribution in [3.63, 3.8) is 0 Å². The van der Waals surface area contributed by atoms with Gasteiger partial charge in [0.1, 0.15) is 0 Å². The molecule has 0 aliphatic carbocycles. The molecular weight excluding hydrogens is 290 g/mol. The summed E-state index contributed by atoms with van der Waals surface area (Å²) < 4.78 is 10.7. The van der Waals surface area contributed by atoms with Crippen molar-refractivity contribution in [3.8, 4) is 11.5 Å². The van der Waals surface area contributed by atoms with Gasteiger partial charge in [-0.25, -0.2) is 0 Å². The Morgan fingerprint density at radius 2 is 1.78 bits per heavy atom. The minimum absolute atomic E-state index is 0.0304. The summed E-state index contributed by atoms with van der Waals surface area (Å²) in [7, 11) is 0. The largest absolute Gasteiger partial charge is 0.454 e. The predicted molar refractivity (Wildman–Crippen MR) is 86.7 cm³/mol. The molecule has 0 fully saturated rings. The first kappa shape index (κ1) is 14.1. The fraction of sp³-hybridized carbons (Fsp3) is 0.316. The molecule has 0 spiro atoms. The van der Waals surface area contributed by atoms with Crippen molar-refractivity contribution in [2.75, 3.05) is 6.79 Å². The second-order valence-electron chi connectivity index (χ2n) is 6.72. The quantitative estimate of drug-likeness (QED) is 0.810. The molecule has 0 saturated heterocycles. The summed E-state index contributed by atoms with van der Waals surface area (Å²) >= 11 is 0. The van der Waals surface area contributed by atoms with Crippen molar-refractivity contribution in [1.29, 1.82) is 0 Å². The number of benzene rings is 2. The molecule has 0 bridgehead atoms. The molecule has 4 heteroatoms. The van der Waals surface area contributed by atoms with Gasteiger partial charge in [0.15, 0.2) is 11.5 Å². The summed E-state index contributed by atoms with van der Waals surface area (Å²) in [6, 6.07) is 13.7. The predicted octanol–water partition coefficient (Wildman–Crippen LogP) is 3.39. The van der Waals surface area contributed by atoms with Crippen LogP contribution in [-0.2, 0) is 13.0 Å². The molecule has 0 N–H and O–H groups in total. The first-order valence-corrected chi connectivity index (χ1v) is 7.83. The van der Waals surface area contributed by atoms with Crippen LogP contribution in [0, 0.1) is 0 Å². The summed E-state index contributed by atoms with van der Waals surface area (Å²) in [6.45, 7) is 5.09. The van der Waals surface area contributed by atoms with Gasteiger partial charge < -0.3 is 14.4 Å². The fourth-order valence-electron chi connectivity index (χ4n) is 3.36. The number of carbonyl (C=O) groups is 1. The number of hydrogen-bond acceptors (Lipinski definition) is 3. The number of fused-ring (bicyclic) bond motifs is 2. The van der Waals surface area contributed by atoms with Crippen LogP contribution in [0.4, 0.5) is 0 Å². The first-order valence-electron chi connectivity index (χ1n) is 7.83. The third kappa shape index (κ3) is 2.34. The van der Waals surface area contributed by atoms with Crippen LogP contribution in [0.25, 0.3) is 0 Å². The summed E-state index contributed by atoms with van der Waals surface area (Å²) in [5, 5.41) is 0. The summed E-state index contributed by atoms with van der Waals surface area (Å²) in [5.74, 6) is 1.37. The Kier molecular flexibility index (Phi) is 3.08. The minimum Gasteiger partial charge on any atom is -0.454 e. The van der Waals surface area contributed by atoms with Crippen molar-refractivity contribution in [2.45, 2.75) is 32.4 Å². The Morgan fingerprint density at radius 3 is 2.61 bits per heavy atom. The molecule has 0 saturated carbocycles. The van der Waals surface area contributed by atoms with E-state index in [0.29, 0.717) is 23.6 Å². The van der Waals surface area contributed by atoms with Gasteiger partial charge in [0.2, 0.25) is 6.79 Å². The lowest BCUT2D eigenvalue weighted by Crippen LogP contribution is -2.51. The third-order valence-electron chi connectivity index (χ3n) is 4.67. The SMILES string of the molecule is CC1(C)Cc2ccccc2CN1C(=O)c1ccc2c(c1)OCO2. The van der Waals surface area contributed by atoms with Gasteiger partial charge in [-0.05, 0) is 49.6 Å². The van der Waals surface area contributed by atoms with Crippen LogP contribution in [0.15, 0.2) is 42.5 Å². The van der Waals surface area contributed by atoms with Crippen molar-refractivity contribution < 1.29 is 14.3 Å². The van der Waals surface area contributed by atoms with Crippen LogP contribution < -0.4 is 9.47 Å². The molecule has 0 unspecified atom stereocenters. The van der Waals surface area contributed by atoms with Crippen molar-refractivity contribution in [3.05, 3.63) is 59.2 Å². The van der Waals surface area contributed by atoms with E-state index in [0.717, 1.165) is 6.42 Å². The van der Waals surface area contributed by atoms with Gasteiger partial charge in [0, 0.05) is 17.6 Å². The number of rotatable bonds is 1. The van der Waals surface area contributed by atoms with Crippen molar-refractivity contribution in [1.82, 2.24) is 4.90 Å². The number of nitrogens with zero attached hydrogens (tertiary/aromatic N) is 1. The number of hydrogen-bond donors (Lipinski definition) is 0. The molecule has 0 aromatic heterocycles. The van der Waals surface area contributed by atoms with Crippen LogP contribution >= 0.6 is 0 Å². The molecular formula is C19H19NO3. The second kappa shape index (κ2) is 5.01. The molecule has 0 atom stereocenters. The highest BCUT2D eigenvalue weighted by atomic mass is 16.7. The van der Waals surface area contributed by atoms with E-state index in [1.165, 1.54) is 11.1 Å². The van der Waals surface area contributed by atoms with Gasteiger partial charge >= 0.3 is 0 Å². The molecule has 2 aliphatic rings. The minimum atomic E-state index is -0.220. The van der Waals surface area contributed by atoms with Gasteiger partial charge in [0.25, 0.3) is 5.91 Å². The van der Waals surface area contributed by atoms with E-state index in [2.05, 4.69) is 32.0 Å².